The van der Waals surface area contributed by atoms with Crippen LogP contribution in [0.5, 0.6) is 0 Å². The third-order valence-corrected chi connectivity index (χ3v) is 4.54. The van der Waals surface area contributed by atoms with Gasteiger partial charge in [-0.05, 0) is 45.4 Å². The molecule has 1 aliphatic rings. The number of carbonyl (C=O) groups excluding carboxylic acids is 1. The van der Waals surface area contributed by atoms with Crippen LogP contribution in [0.15, 0.2) is 18.2 Å². The maximum absolute atomic E-state index is 14.2. The van der Waals surface area contributed by atoms with Gasteiger partial charge in [0.15, 0.2) is 0 Å². The molecule has 0 radical (unpaired) electrons. The summed E-state index contributed by atoms with van der Waals surface area (Å²) in [5, 5.41) is 10.0. The van der Waals surface area contributed by atoms with E-state index in [0.717, 1.165) is 23.9 Å². The number of benzene rings is 1. The fourth-order valence-electron chi connectivity index (χ4n) is 3.16. The van der Waals surface area contributed by atoms with Gasteiger partial charge in [-0.1, -0.05) is 0 Å². The van der Waals surface area contributed by atoms with Gasteiger partial charge in [0.25, 0.3) is 5.91 Å². The number of hydrogen-bond donors (Lipinski definition) is 1. The molecule has 1 aromatic carbocycles. The number of aliphatic hydroxyl groups is 1. The summed E-state index contributed by atoms with van der Waals surface area (Å²) in [7, 11) is 0. The summed E-state index contributed by atoms with van der Waals surface area (Å²) in [4.78, 5) is 22.9. The molecule has 25 heavy (non-hydrogen) atoms. The van der Waals surface area contributed by atoms with Gasteiger partial charge in [0, 0.05) is 12.1 Å². The van der Waals surface area contributed by atoms with Crippen LogP contribution in [0, 0.1) is 32.4 Å². The highest BCUT2D eigenvalue weighted by molar-refractivity contribution is 5.94. The predicted molar refractivity (Wildman–Crippen MR) is 87.0 cm³/mol. The van der Waals surface area contributed by atoms with Crippen LogP contribution >= 0.6 is 0 Å². The van der Waals surface area contributed by atoms with Crippen LogP contribution in [0.4, 0.5) is 8.78 Å². The van der Waals surface area contributed by atoms with Crippen molar-refractivity contribution in [3.05, 3.63) is 58.2 Å². The summed E-state index contributed by atoms with van der Waals surface area (Å²) in [6, 6.07) is 2.37. The standard InChI is InChI=1S/C18H19F2N3O2/c1-9-10(2)22-17(11(3)21-9)18(25)23-8-13(24)7-16(23)14-6-12(19)4-5-15(14)20/h4-6,13,16,24H,7-8H2,1-3H3. The second-order valence-electron chi connectivity index (χ2n) is 6.36. The highest BCUT2D eigenvalue weighted by Crippen LogP contribution is 2.35. The van der Waals surface area contributed by atoms with Crippen LogP contribution in [-0.2, 0) is 0 Å². The third-order valence-electron chi connectivity index (χ3n) is 4.54. The molecule has 3 rings (SSSR count). The second-order valence-corrected chi connectivity index (χ2v) is 6.36. The Morgan fingerprint density at radius 3 is 2.56 bits per heavy atom. The maximum Gasteiger partial charge on any atom is 0.274 e. The van der Waals surface area contributed by atoms with Gasteiger partial charge in [-0.2, -0.15) is 0 Å². The fraction of sp³-hybridized carbons (Fsp3) is 0.389. The Bertz CT molecular complexity index is 841. The molecule has 1 aliphatic heterocycles. The summed E-state index contributed by atoms with van der Waals surface area (Å²) in [6.45, 7) is 5.26. The average molecular weight is 347 g/mol. The van der Waals surface area contributed by atoms with Gasteiger partial charge < -0.3 is 10.0 Å². The molecule has 0 aliphatic carbocycles. The summed E-state index contributed by atoms with van der Waals surface area (Å²) < 4.78 is 27.7. The quantitative estimate of drug-likeness (QED) is 0.907. The number of aromatic nitrogens is 2. The van der Waals surface area contributed by atoms with E-state index in [-0.39, 0.29) is 24.2 Å². The maximum atomic E-state index is 14.2. The number of aryl methyl sites for hydroxylation is 3. The molecule has 2 atom stereocenters. The minimum absolute atomic E-state index is 0.0352. The van der Waals surface area contributed by atoms with Gasteiger partial charge >= 0.3 is 0 Å². The summed E-state index contributed by atoms with van der Waals surface area (Å²) >= 11 is 0. The van der Waals surface area contributed by atoms with Crippen molar-refractivity contribution >= 4 is 5.91 Å². The number of likely N-dealkylation sites (tertiary alicyclic amines) is 1. The van der Waals surface area contributed by atoms with E-state index in [1.54, 1.807) is 20.8 Å². The molecule has 2 aromatic rings. The lowest BCUT2D eigenvalue weighted by Crippen LogP contribution is -2.33. The van der Waals surface area contributed by atoms with Gasteiger partial charge in [-0.25, -0.2) is 13.8 Å². The summed E-state index contributed by atoms with van der Waals surface area (Å²) in [5.41, 5.74) is 2.04. The van der Waals surface area contributed by atoms with Gasteiger partial charge in [0.2, 0.25) is 0 Å². The molecule has 0 saturated carbocycles. The number of rotatable bonds is 2. The van der Waals surface area contributed by atoms with E-state index >= 15 is 0 Å². The van der Waals surface area contributed by atoms with Crippen molar-refractivity contribution in [2.24, 2.45) is 0 Å². The molecule has 132 valence electrons. The van der Waals surface area contributed by atoms with E-state index in [9.17, 15) is 18.7 Å². The first-order valence-electron chi connectivity index (χ1n) is 8.03. The van der Waals surface area contributed by atoms with E-state index in [4.69, 9.17) is 0 Å². The summed E-state index contributed by atoms with van der Waals surface area (Å²) in [6.07, 6.45) is -0.667. The Hall–Kier alpha value is -2.41. The zero-order chi connectivity index (χ0) is 18.3. The van der Waals surface area contributed by atoms with Crippen LogP contribution in [0.2, 0.25) is 0 Å². The third kappa shape index (κ3) is 3.24. The van der Waals surface area contributed by atoms with Crippen molar-refractivity contribution in [2.45, 2.75) is 39.3 Å². The van der Waals surface area contributed by atoms with Crippen LogP contribution < -0.4 is 0 Å². The van der Waals surface area contributed by atoms with Crippen molar-refractivity contribution < 1.29 is 18.7 Å². The van der Waals surface area contributed by atoms with Crippen molar-refractivity contribution in [3.63, 3.8) is 0 Å². The second kappa shape index (κ2) is 6.48. The van der Waals surface area contributed by atoms with E-state index < -0.39 is 29.7 Å². The van der Waals surface area contributed by atoms with Crippen LogP contribution in [-0.4, -0.2) is 38.5 Å². The van der Waals surface area contributed by atoms with Crippen molar-refractivity contribution in [3.8, 4) is 0 Å². The number of amides is 1. The number of hydrogen-bond acceptors (Lipinski definition) is 4. The van der Waals surface area contributed by atoms with E-state index in [2.05, 4.69) is 9.97 Å². The topological polar surface area (TPSA) is 66.3 Å². The normalized spacial score (nSPS) is 20.2. The molecular weight excluding hydrogens is 328 g/mol. The monoisotopic (exact) mass is 347 g/mol. The molecule has 2 heterocycles. The molecule has 0 spiro atoms. The van der Waals surface area contributed by atoms with Gasteiger partial charge in [0.05, 0.1) is 29.2 Å². The average Bonchev–Trinajstić information content (AvgIpc) is 2.94. The number of aliphatic hydroxyl groups excluding tert-OH is 1. The molecule has 1 fully saturated rings. The van der Waals surface area contributed by atoms with Crippen LogP contribution in [0.3, 0.4) is 0 Å². The molecule has 5 nitrogen and oxygen atoms in total. The smallest absolute Gasteiger partial charge is 0.274 e. The Labute approximate surface area is 144 Å². The Morgan fingerprint density at radius 2 is 1.84 bits per heavy atom. The number of nitrogens with zero attached hydrogens (tertiary/aromatic N) is 3. The zero-order valence-corrected chi connectivity index (χ0v) is 14.3. The van der Waals surface area contributed by atoms with E-state index in [0.29, 0.717) is 11.4 Å². The Kier molecular flexibility index (Phi) is 4.51. The van der Waals surface area contributed by atoms with E-state index in [1.807, 2.05) is 0 Å². The molecule has 1 aromatic heterocycles. The number of β-amino-alcohol motifs (C(OH)–C–C–N with tert-alkyl or cyclic N) is 1. The highest BCUT2D eigenvalue weighted by atomic mass is 19.1. The predicted octanol–water partition coefficient (Wildman–Crippen LogP) is 2.63. The fourth-order valence-corrected chi connectivity index (χ4v) is 3.16. The Balaban J connectivity index is 2.01. The zero-order valence-electron chi connectivity index (χ0n) is 14.3. The van der Waals surface area contributed by atoms with Crippen LogP contribution in [0.25, 0.3) is 0 Å². The Morgan fingerprint density at radius 1 is 1.16 bits per heavy atom. The number of carbonyl (C=O) groups is 1. The first kappa shape index (κ1) is 17.4. The molecule has 0 bridgehead atoms. The van der Waals surface area contributed by atoms with Gasteiger partial charge in [-0.15, -0.1) is 0 Å². The van der Waals surface area contributed by atoms with Crippen molar-refractivity contribution in [1.82, 2.24) is 14.9 Å². The molecule has 7 heteroatoms. The largest absolute Gasteiger partial charge is 0.391 e. The van der Waals surface area contributed by atoms with Gasteiger partial charge in [-0.3, -0.25) is 9.78 Å². The first-order valence-corrected chi connectivity index (χ1v) is 8.03. The molecular formula is C18H19F2N3O2. The molecule has 1 N–H and O–H groups in total. The molecule has 1 amide bonds. The SMILES string of the molecule is Cc1nc(C)c(C(=O)N2CC(O)CC2c2cc(F)ccc2F)nc1C. The van der Waals surface area contributed by atoms with Crippen molar-refractivity contribution in [1.29, 1.82) is 0 Å². The molecule has 1 saturated heterocycles. The minimum atomic E-state index is -0.809. The minimum Gasteiger partial charge on any atom is -0.391 e. The van der Waals surface area contributed by atoms with Crippen molar-refractivity contribution in [2.75, 3.05) is 6.54 Å². The first-order chi connectivity index (χ1) is 11.8. The highest BCUT2D eigenvalue weighted by Gasteiger charge is 2.38. The number of halogens is 2. The van der Waals surface area contributed by atoms with Gasteiger partial charge in [0.1, 0.15) is 17.3 Å². The van der Waals surface area contributed by atoms with E-state index in [1.165, 1.54) is 4.90 Å². The lowest BCUT2D eigenvalue weighted by atomic mass is 10.0. The van der Waals surface area contributed by atoms with Crippen LogP contribution in [0.1, 0.15) is 45.6 Å². The molecule has 2 unspecified atom stereocenters. The summed E-state index contributed by atoms with van der Waals surface area (Å²) in [5.74, 6) is -1.65. The lowest BCUT2D eigenvalue weighted by Gasteiger charge is -2.25. The lowest BCUT2D eigenvalue weighted by molar-refractivity contribution is 0.0706.